The fraction of sp³-hybridized carbons (Fsp3) is 0.700. The topological polar surface area (TPSA) is 75.6 Å². The number of ether oxygens (including phenoxy) is 1. The molecule has 1 aliphatic rings. The largest absolute Gasteiger partial charge is 0.388 e. The standard InChI is InChI=1S/C10H14ClN3O3S/c1-14(6-10(16)2-4-17-5-3-10)8(15)7-12-13-9(11)18-7/h16H,2-6H2,1H3. The second-order valence-corrected chi connectivity index (χ2v) is 5.92. The number of halogens is 1. The number of likely N-dealkylation sites (N-methyl/N-ethyl adjacent to an activating group) is 1. The van der Waals surface area contributed by atoms with Crippen molar-refractivity contribution in [1.29, 1.82) is 0 Å². The zero-order chi connectivity index (χ0) is 13.2. The van der Waals surface area contributed by atoms with Crippen LogP contribution in [0.2, 0.25) is 4.47 Å². The Hall–Kier alpha value is -0.760. The molecule has 1 N–H and O–H groups in total. The van der Waals surface area contributed by atoms with E-state index in [-0.39, 0.29) is 21.9 Å². The molecule has 1 fully saturated rings. The van der Waals surface area contributed by atoms with Crippen molar-refractivity contribution >= 4 is 28.8 Å². The number of hydrogen-bond acceptors (Lipinski definition) is 6. The smallest absolute Gasteiger partial charge is 0.284 e. The first kappa shape index (κ1) is 13.7. The molecular weight excluding hydrogens is 278 g/mol. The Morgan fingerprint density at radius 1 is 1.56 bits per heavy atom. The summed E-state index contributed by atoms with van der Waals surface area (Å²) >= 11 is 6.67. The summed E-state index contributed by atoms with van der Waals surface area (Å²) in [4.78, 5) is 13.5. The van der Waals surface area contributed by atoms with Crippen LogP contribution in [-0.2, 0) is 4.74 Å². The lowest BCUT2D eigenvalue weighted by molar-refractivity contribution is -0.0734. The second kappa shape index (κ2) is 5.48. The quantitative estimate of drug-likeness (QED) is 0.892. The fourth-order valence-corrected chi connectivity index (χ4v) is 2.70. The Morgan fingerprint density at radius 3 is 2.78 bits per heavy atom. The first-order chi connectivity index (χ1) is 8.50. The van der Waals surface area contributed by atoms with Gasteiger partial charge in [0.1, 0.15) is 0 Å². The van der Waals surface area contributed by atoms with Gasteiger partial charge in [-0.05, 0) is 11.6 Å². The number of carbonyl (C=O) groups is 1. The van der Waals surface area contributed by atoms with Gasteiger partial charge in [0.25, 0.3) is 5.91 Å². The summed E-state index contributed by atoms with van der Waals surface area (Å²) in [5.41, 5.74) is -0.878. The number of amides is 1. The first-order valence-corrected chi connectivity index (χ1v) is 6.74. The number of nitrogens with zero attached hydrogens (tertiary/aromatic N) is 3. The maximum Gasteiger partial charge on any atom is 0.284 e. The zero-order valence-electron chi connectivity index (χ0n) is 9.93. The van der Waals surface area contributed by atoms with Crippen LogP contribution >= 0.6 is 22.9 Å². The maximum atomic E-state index is 12.0. The van der Waals surface area contributed by atoms with E-state index in [1.165, 1.54) is 4.90 Å². The molecule has 2 rings (SSSR count). The number of hydrogen-bond donors (Lipinski definition) is 1. The van der Waals surface area contributed by atoms with Crippen LogP contribution in [0.15, 0.2) is 0 Å². The molecule has 100 valence electrons. The maximum absolute atomic E-state index is 12.0. The highest BCUT2D eigenvalue weighted by molar-refractivity contribution is 7.17. The summed E-state index contributed by atoms with van der Waals surface area (Å²) in [6.45, 7) is 1.29. The summed E-state index contributed by atoms with van der Waals surface area (Å²) in [7, 11) is 1.63. The molecule has 18 heavy (non-hydrogen) atoms. The summed E-state index contributed by atoms with van der Waals surface area (Å²) < 4.78 is 5.43. The molecule has 1 aromatic rings. The van der Waals surface area contributed by atoms with Crippen molar-refractivity contribution in [2.45, 2.75) is 18.4 Å². The molecule has 0 aliphatic carbocycles. The Kier molecular flexibility index (Phi) is 4.16. The number of carbonyl (C=O) groups excluding carboxylic acids is 1. The number of rotatable bonds is 3. The van der Waals surface area contributed by atoms with Crippen LogP contribution in [0.5, 0.6) is 0 Å². The normalized spacial score (nSPS) is 18.6. The predicted octanol–water partition coefficient (Wildman–Crippen LogP) is 0.805. The highest BCUT2D eigenvalue weighted by Gasteiger charge is 2.33. The van der Waals surface area contributed by atoms with E-state index in [4.69, 9.17) is 16.3 Å². The third-order valence-electron chi connectivity index (χ3n) is 2.88. The third kappa shape index (κ3) is 3.17. The van der Waals surface area contributed by atoms with Crippen LogP contribution in [0.3, 0.4) is 0 Å². The van der Waals surface area contributed by atoms with Crippen LogP contribution in [0.4, 0.5) is 0 Å². The lowest BCUT2D eigenvalue weighted by Gasteiger charge is -2.35. The van der Waals surface area contributed by atoms with E-state index < -0.39 is 5.60 Å². The molecule has 8 heteroatoms. The molecule has 0 bridgehead atoms. The minimum Gasteiger partial charge on any atom is -0.388 e. The molecule has 0 aromatic carbocycles. The summed E-state index contributed by atoms with van der Waals surface area (Å²) in [5.74, 6) is -0.278. The summed E-state index contributed by atoms with van der Waals surface area (Å²) in [6, 6.07) is 0. The van der Waals surface area contributed by atoms with Crippen molar-refractivity contribution in [2.24, 2.45) is 0 Å². The van der Waals surface area contributed by atoms with E-state index in [1.54, 1.807) is 7.05 Å². The summed E-state index contributed by atoms with van der Waals surface area (Å²) in [5, 5.41) is 17.8. The molecule has 1 saturated heterocycles. The average Bonchev–Trinajstić information content (AvgIpc) is 2.75. The second-order valence-electron chi connectivity index (χ2n) is 4.36. The van der Waals surface area contributed by atoms with Crippen molar-refractivity contribution in [3.8, 4) is 0 Å². The highest BCUT2D eigenvalue weighted by Crippen LogP contribution is 2.23. The van der Waals surface area contributed by atoms with Gasteiger partial charge in [0.05, 0.1) is 5.60 Å². The van der Waals surface area contributed by atoms with Gasteiger partial charge in [-0.25, -0.2) is 0 Å². The average molecular weight is 292 g/mol. The molecule has 0 radical (unpaired) electrons. The Balaban J connectivity index is 1.98. The lowest BCUT2D eigenvalue weighted by Crippen LogP contribution is -2.47. The lowest BCUT2D eigenvalue weighted by atomic mass is 9.94. The van der Waals surface area contributed by atoms with Gasteiger partial charge in [0.2, 0.25) is 9.47 Å². The van der Waals surface area contributed by atoms with E-state index in [1.807, 2.05) is 0 Å². The monoisotopic (exact) mass is 291 g/mol. The van der Waals surface area contributed by atoms with Crippen LogP contribution < -0.4 is 0 Å². The van der Waals surface area contributed by atoms with Crippen molar-refractivity contribution in [3.05, 3.63) is 9.47 Å². The van der Waals surface area contributed by atoms with Gasteiger partial charge in [-0.2, -0.15) is 0 Å². The predicted molar refractivity (Wildman–Crippen MR) is 66.9 cm³/mol. The van der Waals surface area contributed by atoms with Gasteiger partial charge in [-0.1, -0.05) is 11.3 Å². The first-order valence-electron chi connectivity index (χ1n) is 5.55. The zero-order valence-corrected chi connectivity index (χ0v) is 11.5. The Morgan fingerprint density at radius 2 is 2.22 bits per heavy atom. The molecule has 0 atom stereocenters. The Labute approximate surface area is 114 Å². The number of aliphatic hydroxyl groups is 1. The van der Waals surface area contributed by atoms with Crippen LogP contribution in [0.1, 0.15) is 22.6 Å². The van der Waals surface area contributed by atoms with Gasteiger partial charge < -0.3 is 14.7 Å². The van der Waals surface area contributed by atoms with E-state index in [9.17, 15) is 9.90 Å². The minimum atomic E-state index is -0.878. The van der Waals surface area contributed by atoms with Crippen molar-refractivity contribution in [3.63, 3.8) is 0 Å². The van der Waals surface area contributed by atoms with Crippen molar-refractivity contribution in [2.75, 3.05) is 26.8 Å². The van der Waals surface area contributed by atoms with Crippen LogP contribution in [0, 0.1) is 0 Å². The SMILES string of the molecule is CN(CC1(O)CCOCC1)C(=O)c1nnc(Cl)s1. The van der Waals surface area contributed by atoms with Gasteiger partial charge in [0.15, 0.2) is 0 Å². The van der Waals surface area contributed by atoms with E-state index in [2.05, 4.69) is 10.2 Å². The van der Waals surface area contributed by atoms with Crippen molar-refractivity contribution < 1.29 is 14.6 Å². The van der Waals surface area contributed by atoms with Crippen molar-refractivity contribution in [1.82, 2.24) is 15.1 Å². The van der Waals surface area contributed by atoms with Gasteiger partial charge in [-0.3, -0.25) is 4.79 Å². The molecule has 1 amide bonds. The molecule has 2 heterocycles. The van der Waals surface area contributed by atoms with E-state index in [0.29, 0.717) is 26.1 Å². The Bertz CT molecular complexity index is 434. The van der Waals surface area contributed by atoms with Crippen LogP contribution in [-0.4, -0.2) is 58.5 Å². The van der Waals surface area contributed by atoms with E-state index in [0.717, 1.165) is 11.3 Å². The molecule has 1 aliphatic heterocycles. The van der Waals surface area contributed by atoms with Gasteiger partial charge >= 0.3 is 0 Å². The van der Waals surface area contributed by atoms with Gasteiger partial charge in [0, 0.05) is 39.6 Å². The molecular formula is C10H14ClN3O3S. The molecule has 0 saturated carbocycles. The molecule has 1 aromatic heterocycles. The van der Waals surface area contributed by atoms with E-state index >= 15 is 0 Å². The van der Waals surface area contributed by atoms with Gasteiger partial charge in [-0.15, -0.1) is 10.2 Å². The fourth-order valence-electron chi connectivity index (χ4n) is 1.88. The summed E-state index contributed by atoms with van der Waals surface area (Å²) in [6.07, 6.45) is 1.06. The molecule has 6 nitrogen and oxygen atoms in total. The molecule has 0 unspecified atom stereocenters. The number of aromatic nitrogens is 2. The van der Waals surface area contributed by atoms with Crippen LogP contribution in [0.25, 0.3) is 0 Å². The third-order valence-corrected chi connectivity index (χ3v) is 3.89. The highest BCUT2D eigenvalue weighted by atomic mass is 35.5. The minimum absolute atomic E-state index is 0.233. The molecule has 0 spiro atoms.